The van der Waals surface area contributed by atoms with Gasteiger partial charge in [-0.15, -0.1) is 24.0 Å². The SMILES string of the molecule is CN=C(NCCCCN1CC(C)CC(C)C1)NCCCOCc1ccco1.I. The molecular formula is C21H39IN4O2. The topological polar surface area (TPSA) is 62.0 Å². The second-order valence-corrected chi connectivity index (χ2v) is 7.82. The van der Waals surface area contributed by atoms with Gasteiger partial charge in [0.25, 0.3) is 0 Å². The summed E-state index contributed by atoms with van der Waals surface area (Å²) in [5.41, 5.74) is 0. The van der Waals surface area contributed by atoms with Gasteiger partial charge in [0.15, 0.2) is 5.96 Å². The monoisotopic (exact) mass is 506 g/mol. The highest BCUT2D eigenvalue weighted by molar-refractivity contribution is 14.0. The van der Waals surface area contributed by atoms with Crippen LogP contribution in [0.3, 0.4) is 0 Å². The van der Waals surface area contributed by atoms with Crippen LogP contribution in [0.25, 0.3) is 0 Å². The molecule has 0 radical (unpaired) electrons. The fourth-order valence-corrected chi connectivity index (χ4v) is 3.81. The van der Waals surface area contributed by atoms with Gasteiger partial charge in [-0.3, -0.25) is 4.99 Å². The first kappa shape index (κ1) is 25.2. The summed E-state index contributed by atoms with van der Waals surface area (Å²) < 4.78 is 10.8. The molecule has 1 aliphatic heterocycles. The van der Waals surface area contributed by atoms with E-state index >= 15 is 0 Å². The molecule has 2 N–H and O–H groups in total. The first-order valence-corrected chi connectivity index (χ1v) is 10.4. The number of hydrogen-bond donors (Lipinski definition) is 2. The van der Waals surface area contributed by atoms with Gasteiger partial charge >= 0.3 is 0 Å². The number of piperidine rings is 1. The second kappa shape index (κ2) is 15.1. The Bertz CT molecular complexity index is 514. The number of hydrogen-bond acceptors (Lipinski definition) is 4. The molecule has 7 heteroatoms. The summed E-state index contributed by atoms with van der Waals surface area (Å²) >= 11 is 0. The third kappa shape index (κ3) is 10.7. The third-order valence-corrected chi connectivity index (χ3v) is 4.94. The Hall–Kier alpha value is -0.800. The average Bonchev–Trinajstić information content (AvgIpc) is 3.15. The first-order chi connectivity index (χ1) is 13.2. The maximum Gasteiger partial charge on any atom is 0.190 e. The highest BCUT2D eigenvalue weighted by Crippen LogP contribution is 2.20. The molecular weight excluding hydrogens is 467 g/mol. The Kier molecular flexibility index (Phi) is 13.6. The van der Waals surface area contributed by atoms with Crippen molar-refractivity contribution < 1.29 is 9.15 Å². The van der Waals surface area contributed by atoms with Crippen molar-refractivity contribution in [3.05, 3.63) is 24.2 Å². The van der Waals surface area contributed by atoms with Crippen LogP contribution in [0.15, 0.2) is 27.8 Å². The van der Waals surface area contributed by atoms with E-state index in [0.717, 1.165) is 43.1 Å². The number of unbranched alkanes of at least 4 members (excludes halogenated alkanes) is 1. The van der Waals surface area contributed by atoms with Gasteiger partial charge in [-0.25, -0.2) is 0 Å². The van der Waals surface area contributed by atoms with E-state index in [1.165, 1.54) is 38.9 Å². The molecule has 2 unspecified atom stereocenters. The molecule has 0 amide bonds. The van der Waals surface area contributed by atoms with E-state index in [2.05, 4.69) is 34.4 Å². The van der Waals surface area contributed by atoms with Crippen molar-refractivity contribution in [2.75, 3.05) is 46.4 Å². The Balaban J connectivity index is 0.00000392. The van der Waals surface area contributed by atoms with Crippen LogP contribution in [-0.4, -0.2) is 57.2 Å². The van der Waals surface area contributed by atoms with E-state index in [1.807, 2.05) is 19.2 Å². The molecule has 28 heavy (non-hydrogen) atoms. The normalized spacial score (nSPS) is 20.6. The molecule has 2 heterocycles. The minimum Gasteiger partial charge on any atom is -0.467 e. The highest BCUT2D eigenvalue weighted by atomic mass is 127. The molecule has 1 aliphatic rings. The lowest BCUT2D eigenvalue weighted by atomic mass is 9.92. The zero-order valence-corrected chi connectivity index (χ0v) is 20.1. The van der Waals surface area contributed by atoms with Crippen molar-refractivity contribution in [1.82, 2.24) is 15.5 Å². The Morgan fingerprint density at radius 1 is 1.18 bits per heavy atom. The van der Waals surface area contributed by atoms with Gasteiger partial charge in [-0.05, 0) is 56.2 Å². The summed E-state index contributed by atoms with van der Waals surface area (Å²) in [5, 5.41) is 6.74. The Morgan fingerprint density at radius 3 is 2.54 bits per heavy atom. The lowest BCUT2D eigenvalue weighted by molar-refractivity contribution is 0.105. The minimum atomic E-state index is 0. The fraction of sp³-hybridized carbons (Fsp3) is 0.762. The summed E-state index contributed by atoms with van der Waals surface area (Å²) in [6.45, 7) is 11.6. The molecule has 2 rings (SSSR count). The van der Waals surface area contributed by atoms with Gasteiger partial charge in [-0.2, -0.15) is 0 Å². The molecule has 1 saturated heterocycles. The number of halogens is 1. The lowest BCUT2D eigenvalue weighted by Crippen LogP contribution is -2.40. The second-order valence-electron chi connectivity index (χ2n) is 7.82. The van der Waals surface area contributed by atoms with Crippen LogP contribution in [-0.2, 0) is 11.3 Å². The maximum absolute atomic E-state index is 5.58. The predicted molar refractivity (Wildman–Crippen MR) is 126 cm³/mol. The summed E-state index contributed by atoms with van der Waals surface area (Å²) in [6.07, 6.45) is 6.40. The molecule has 1 aromatic heterocycles. The number of guanidine groups is 1. The third-order valence-electron chi connectivity index (χ3n) is 4.94. The van der Waals surface area contributed by atoms with Crippen molar-refractivity contribution in [3.8, 4) is 0 Å². The van der Waals surface area contributed by atoms with E-state index in [-0.39, 0.29) is 24.0 Å². The van der Waals surface area contributed by atoms with Crippen LogP contribution in [0, 0.1) is 11.8 Å². The van der Waals surface area contributed by atoms with Crippen molar-refractivity contribution in [1.29, 1.82) is 0 Å². The van der Waals surface area contributed by atoms with Crippen molar-refractivity contribution in [2.24, 2.45) is 16.8 Å². The number of nitrogens with one attached hydrogen (secondary N) is 2. The molecule has 1 aromatic rings. The quantitative estimate of drug-likeness (QED) is 0.207. The highest BCUT2D eigenvalue weighted by Gasteiger charge is 2.20. The molecule has 0 bridgehead atoms. The number of nitrogens with zero attached hydrogens (tertiary/aromatic N) is 2. The molecule has 2 atom stereocenters. The fourth-order valence-electron chi connectivity index (χ4n) is 3.81. The number of rotatable bonds is 11. The molecule has 0 aromatic carbocycles. The molecule has 0 saturated carbocycles. The average molecular weight is 506 g/mol. The van der Waals surface area contributed by atoms with E-state index in [1.54, 1.807) is 6.26 Å². The van der Waals surface area contributed by atoms with Crippen LogP contribution in [0.2, 0.25) is 0 Å². The molecule has 162 valence electrons. The van der Waals surface area contributed by atoms with Gasteiger partial charge in [0.1, 0.15) is 12.4 Å². The van der Waals surface area contributed by atoms with E-state index < -0.39 is 0 Å². The van der Waals surface area contributed by atoms with Crippen LogP contribution in [0.5, 0.6) is 0 Å². The van der Waals surface area contributed by atoms with Gasteiger partial charge in [0.2, 0.25) is 0 Å². The maximum atomic E-state index is 5.58. The van der Waals surface area contributed by atoms with Gasteiger partial charge in [-0.1, -0.05) is 13.8 Å². The first-order valence-electron chi connectivity index (χ1n) is 10.4. The predicted octanol–water partition coefficient (Wildman–Crippen LogP) is 3.73. The van der Waals surface area contributed by atoms with E-state index in [4.69, 9.17) is 9.15 Å². The summed E-state index contributed by atoms with van der Waals surface area (Å²) in [6, 6.07) is 3.81. The van der Waals surface area contributed by atoms with E-state index in [0.29, 0.717) is 13.2 Å². The number of furan rings is 1. The molecule has 0 spiro atoms. The molecule has 0 aliphatic carbocycles. The smallest absolute Gasteiger partial charge is 0.190 e. The standard InChI is InChI=1S/C21H38N4O2.HI/c1-18-14-19(2)16-25(15-18)11-5-4-9-23-21(22-3)24-10-7-12-26-17-20-8-6-13-27-20;/h6,8,13,18-19H,4-5,7,9-12,14-17H2,1-3H3,(H2,22,23,24);1H. The zero-order valence-electron chi connectivity index (χ0n) is 17.8. The van der Waals surface area contributed by atoms with Crippen LogP contribution in [0.4, 0.5) is 0 Å². The Morgan fingerprint density at radius 2 is 1.89 bits per heavy atom. The van der Waals surface area contributed by atoms with Crippen LogP contribution >= 0.6 is 24.0 Å². The number of aliphatic imine (C=N–C) groups is 1. The number of likely N-dealkylation sites (tertiary alicyclic amines) is 1. The Labute approximate surface area is 187 Å². The van der Waals surface area contributed by atoms with E-state index in [9.17, 15) is 0 Å². The van der Waals surface area contributed by atoms with Crippen molar-refractivity contribution >= 4 is 29.9 Å². The lowest BCUT2D eigenvalue weighted by Gasteiger charge is -2.34. The summed E-state index contributed by atoms with van der Waals surface area (Å²) in [7, 11) is 1.82. The zero-order chi connectivity index (χ0) is 19.3. The summed E-state index contributed by atoms with van der Waals surface area (Å²) in [5.74, 6) is 3.44. The minimum absolute atomic E-state index is 0. The molecule has 6 nitrogen and oxygen atoms in total. The van der Waals surface area contributed by atoms with Gasteiger partial charge < -0.3 is 24.7 Å². The van der Waals surface area contributed by atoms with Crippen LogP contribution in [0.1, 0.15) is 45.3 Å². The number of ether oxygens (including phenoxy) is 1. The van der Waals surface area contributed by atoms with Crippen LogP contribution < -0.4 is 10.6 Å². The van der Waals surface area contributed by atoms with Gasteiger partial charge in [0.05, 0.1) is 6.26 Å². The summed E-state index contributed by atoms with van der Waals surface area (Å²) in [4.78, 5) is 6.92. The largest absolute Gasteiger partial charge is 0.467 e. The van der Waals surface area contributed by atoms with Crippen molar-refractivity contribution in [3.63, 3.8) is 0 Å². The molecule has 1 fully saturated rings. The van der Waals surface area contributed by atoms with Gasteiger partial charge in [0, 0.05) is 39.8 Å². The van der Waals surface area contributed by atoms with Crippen molar-refractivity contribution in [2.45, 2.75) is 46.1 Å².